The van der Waals surface area contributed by atoms with Crippen LogP contribution in [0.15, 0.2) is 33.9 Å². The van der Waals surface area contributed by atoms with Gasteiger partial charge in [0, 0.05) is 22.7 Å². The summed E-state index contributed by atoms with van der Waals surface area (Å²) in [4.78, 5) is 4.04. The van der Waals surface area contributed by atoms with Crippen molar-refractivity contribution in [1.82, 2.24) is 9.55 Å². The molecule has 0 amide bonds. The first kappa shape index (κ1) is 16.1. The van der Waals surface area contributed by atoms with Crippen LogP contribution in [0.4, 0.5) is 4.39 Å². The van der Waals surface area contributed by atoms with Crippen LogP contribution in [0, 0.1) is 5.82 Å². The van der Waals surface area contributed by atoms with Crippen LogP contribution in [0.1, 0.15) is 24.7 Å². The summed E-state index contributed by atoms with van der Waals surface area (Å²) in [7, 11) is -3.87. The summed E-state index contributed by atoms with van der Waals surface area (Å²) in [5.74, 6) is 0.215. The highest BCUT2D eigenvalue weighted by Crippen LogP contribution is 2.19. The van der Waals surface area contributed by atoms with Crippen molar-refractivity contribution in [1.29, 1.82) is 0 Å². The van der Waals surface area contributed by atoms with Gasteiger partial charge in [0.15, 0.2) is 5.03 Å². The van der Waals surface area contributed by atoms with Gasteiger partial charge in [0.25, 0.3) is 10.0 Å². The molecule has 0 aliphatic rings. The molecular weight excluding hydrogens is 361 g/mol. The first-order valence-corrected chi connectivity index (χ1v) is 8.68. The number of primary sulfonamides is 1. The number of imidazole rings is 1. The fourth-order valence-corrected chi connectivity index (χ4v) is 2.89. The topological polar surface area (TPSA) is 78.0 Å². The minimum atomic E-state index is -3.87. The number of hydrogen-bond acceptors (Lipinski definition) is 3. The van der Waals surface area contributed by atoms with Crippen molar-refractivity contribution < 1.29 is 12.8 Å². The number of sulfonamides is 1. The van der Waals surface area contributed by atoms with Crippen LogP contribution < -0.4 is 5.14 Å². The molecule has 21 heavy (non-hydrogen) atoms. The van der Waals surface area contributed by atoms with E-state index < -0.39 is 10.0 Å². The molecule has 2 rings (SSSR count). The number of benzene rings is 1. The Kier molecular flexibility index (Phi) is 4.80. The van der Waals surface area contributed by atoms with E-state index in [4.69, 9.17) is 5.14 Å². The first-order valence-electron chi connectivity index (χ1n) is 6.34. The van der Waals surface area contributed by atoms with E-state index in [0.29, 0.717) is 17.8 Å². The number of rotatable bonds is 5. The van der Waals surface area contributed by atoms with Gasteiger partial charge in [0.2, 0.25) is 0 Å². The van der Waals surface area contributed by atoms with E-state index in [1.54, 1.807) is 16.7 Å². The van der Waals surface area contributed by atoms with Gasteiger partial charge in [-0.15, -0.1) is 0 Å². The highest BCUT2D eigenvalue weighted by atomic mass is 79.9. The molecule has 0 aliphatic heterocycles. The molecule has 0 aliphatic carbocycles. The van der Waals surface area contributed by atoms with Crippen LogP contribution in [-0.2, 0) is 23.0 Å². The summed E-state index contributed by atoms with van der Waals surface area (Å²) in [5, 5.41) is 4.90. The van der Waals surface area contributed by atoms with E-state index in [1.807, 2.05) is 6.92 Å². The van der Waals surface area contributed by atoms with Crippen molar-refractivity contribution in [3.63, 3.8) is 0 Å². The van der Waals surface area contributed by atoms with Crippen molar-refractivity contribution in [2.45, 2.75) is 31.3 Å². The quantitative estimate of drug-likeness (QED) is 0.871. The molecule has 1 aromatic carbocycles. The van der Waals surface area contributed by atoms with Crippen molar-refractivity contribution in [3.05, 3.63) is 46.1 Å². The lowest BCUT2D eigenvalue weighted by atomic mass is 10.2. The van der Waals surface area contributed by atoms with Gasteiger partial charge >= 0.3 is 0 Å². The summed E-state index contributed by atoms with van der Waals surface area (Å²) >= 11 is 3.29. The second-order valence-corrected chi connectivity index (χ2v) is 7.08. The fraction of sp³-hybridized carbons (Fsp3) is 0.308. The molecule has 114 valence electrons. The second kappa shape index (κ2) is 6.25. The number of aryl methyl sites for hydroxylation is 1. The molecule has 0 unspecified atom stereocenters. The van der Waals surface area contributed by atoms with Gasteiger partial charge in [-0.25, -0.2) is 22.9 Å². The average molecular weight is 376 g/mol. The Labute approximate surface area is 131 Å². The van der Waals surface area contributed by atoms with Gasteiger partial charge in [-0.2, -0.15) is 0 Å². The largest absolute Gasteiger partial charge is 0.329 e. The maximum atomic E-state index is 13.8. The molecule has 1 aromatic heterocycles. The van der Waals surface area contributed by atoms with Crippen LogP contribution in [0.2, 0.25) is 0 Å². The Morgan fingerprint density at radius 3 is 2.76 bits per heavy atom. The van der Waals surface area contributed by atoms with E-state index in [-0.39, 0.29) is 17.4 Å². The van der Waals surface area contributed by atoms with Gasteiger partial charge < -0.3 is 4.57 Å². The third-order valence-electron chi connectivity index (χ3n) is 2.95. The van der Waals surface area contributed by atoms with Crippen molar-refractivity contribution in [2.75, 3.05) is 0 Å². The van der Waals surface area contributed by atoms with Gasteiger partial charge in [-0.1, -0.05) is 22.9 Å². The lowest BCUT2D eigenvalue weighted by molar-refractivity contribution is 0.592. The van der Waals surface area contributed by atoms with Gasteiger partial charge in [0.05, 0.1) is 6.54 Å². The molecule has 1 heterocycles. The standard InChI is InChI=1S/C13H15BrFN3O2S/c1-2-3-12-17-13(21(16,19)20)8-18(12)7-9-6-10(14)4-5-11(9)15/h4-6,8H,2-3,7H2,1H3,(H2,16,19,20). The summed E-state index contributed by atoms with van der Waals surface area (Å²) in [5.41, 5.74) is 0.445. The van der Waals surface area contributed by atoms with Crippen LogP contribution in [0.3, 0.4) is 0 Å². The molecule has 0 saturated heterocycles. The summed E-state index contributed by atoms with van der Waals surface area (Å²) < 4.78 is 39.0. The maximum absolute atomic E-state index is 13.8. The zero-order chi connectivity index (χ0) is 15.6. The van der Waals surface area contributed by atoms with Crippen LogP contribution in [0.25, 0.3) is 0 Å². The lowest BCUT2D eigenvalue weighted by Crippen LogP contribution is -2.12. The van der Waals surface area contributed by atoms with E-state index in [2.05, 4.69) is 20.9 Å². The van der Waals surface area contributed by atoms with Crippen LogP contribution in [-0.4, -0.2) is 18.0 Å². The van der Waals surface area contributed by atoms with Gasteiger partial charge in [0.1, 0.15) is 11.6 Å². The fourth-order valence-electron chi connectivity index (χ4n) is 1.97. The third-order valence-corrected chi connectivity index (χ3v) is 4.22. The van der Waals surface area contributed by atoms with E-state index in [1.165, 1.54) is 12.3 Å². The van der Waals surface area contributed by atoms with Gasteiger partial charge in [-0.05, 0) is 24.6 Å². The molecule has 0 fully saturated rings. The number of nitrogens with two attached hydrogens (primary N) is 1. The monoisotopic (exact) mass is 375 g/mol. The maximum Gasteiger partial charge on any atom is 0.257 e. The number of nitrogens with zero attached hydrogens (tertiary/aromatic N) is 2. The lowest BCUT2D eigenvalue weighted by Gasteiger charge is -2.08. The van der Waals surface area contributed by atoms with E-state index in [0.717, 1.165) is 10.9 Å². The molecule has 0 radical (unpaired) electrons. The van der Waals surface area contributed by atoms with Crippen LogP contribution >= 0.6 is 15.9 Å². The SMILES string of the molecule is CCCc1nc(S(N)(=O)=O)cn1Cc1cc(Br)ccc1F. The van der Waals surface area contributed by atoms with Crippen molar-refractivity contribution >= 4 is 26.0 Å². The molecule has 0 atom stereocenters. The predicted molar refractivity (Wildman–Crippen MR) is 80.8 cm³/mol. The van der Waals surface area contributed by atoms with E-state index in [9.17, 15) is 12.8 Å². The Hall–Kier alpha value is -1.25. The zero-order valence-corrected chi connectivity index (χ0v) is 13.8. The second-order valence-electron chi connectivity index (χ2n) is 4.65. The zero-order valence-electron chi connectivity index (χ0n) is 11.4. The van der Waals surface area contributed by atoms with Crippen molar-refractivity contribution in [2.24, 2.45) is 5.14 Å². The predicted octanol–water partition coefficient (Wildman–Crippen LogP) is 2.43. The molecule has 2 N–H and O–H groups in total. The molecule has 2 aromatic rings. The molecule has 5 nitrogen and oxygen atoms in total. The summed E-state index contributed by atoms with van der Waals surface area (Å²) in [6, 6.07) is 4.62. The van der Waals surface area contributed by atoms with Gasteiger partial charge in [-0.3, -0.25) is 0 Å². The molecule has 0 spiro atoms. The normalized spacial score (nSPS) is 11.8. The molecular formula is C13H15BrFN3O2S. The molecule has 8 heteroatoms. The van der Waals surface area contributed by atoms with Crippen LogP contribution in [0.5, 0.6) is 0 Å². The highest BCUT2D eigenvalue weighted by molar-refractivity contribution is 9.10. The molecule has 0 bridgehead atoms. The number of hydrogen-bond donors (Lipinski definition) is 1. The Balaban J connectivity index is 2.43. The number of aromatic nitrogens is 2. The Bertz CT molecular complexity index is 759. The third kappa shape index (κ3) is 3.90. The highest BCUT2D eigenvalue weighted by Gasteiger charge is 2.17. The smallest absolute Gasteiger partial charge is 0.257 e. The first-order chi connectivity index (χ1) is 9.81. The average Bonchev–Trinajstić information content (AvgIpc) is 2.78. The Morgan fingerprint density at radius 2 is 2.14 bits per heavy atom. The Morgan fingerprint density at radius 1 is 1.43 bits per heavy atom. The number of halogens is 2. The van der Waals surface area contributed by atoms with Crippen molar-refractivity contribution in [3.8, 4) is 0 Å². The van der Waals surface area contributed by atoms with E-state index >= 15 is 0 Å². The summed E-state index contributed by atoms with van der Waals surface area (Å²) in [6.07, 6.45) is 2.73. The minimum absolute atomic E-state index is 0.193. The minimum Gasteiger partial charge on any atom is -0.329 e. The molecule has 0 saturated carbocycles. The summed E-state index contributed by atoms with van der Waals surface area (Å²) in [6.45, 7) is 2.15.